The van der Waals surface area contributed by atoms with Crippen molar-refractivity contribution in [2.24, 2.45) is 0 Å². The van der Waals surface area contributed by atoms with E-state index in [0.717, 1.165) is 22.7 Å². The lowest BCUT2D eigenvalue weighted by Crippen LogP contribution is -2.10. The average Bonchev–Trinajstić information content (AvgIpc) is 2.39. The van der Waals surface area contributed by atoms with Gasteiger partial charge in [-0.1, -0.05) is 6.07 Å². The van der Waals surface area contributed by atoms with Crippen molar-refractivity contribution in [3.8, 4) is 5.75 Å². The minimum atomic E-state index is 0.509. The largest absolute Gasteiger partial charge is 0.487 e. The molecule has 2 heterocycles. The first-order chi connectivity index (χ1) is 8.79. The molecule has 18 heavy (non-hydrogen) atoms. The fourth-order valence-electron chi connectivity index (χ4n) is 1.67. The van der Waals surface area contributed by atoms with Crippen molar-refractivity contribution in [3.05, 3.63) is 53.6 Å². The van der Waals surface area contributed by atoms with Gasteiger partial charge >= 0.3 is 0 Å². The first-order valence-electron chi connectivity index (χ1n) is 5.92. The lowest BCUT2D eigenvalue weighted by molar-refractivity contribution is 0.300. The molecule has 94 valence electrons. The summed E-state index contributed by atoms with van der Waals surface area (Å²) in [6.45, 7) is 3.18. The van der Waals surface area contributed by atoms with Crippen molar-refractivity contribution in [3.63, 3.8) is 0 Å². The van der Waals surface area contributed by atoms with Crippen molar-refractivity contribution in [2.75, 3.05) is 7.05 Å². The van der Waals surface area contributed by atoms with E-state index < -0.39 is 0 Å². The Hall–Kier alpha value is -1.94. The molecule has 0 aliphatic heterocycles. The normalized spacial score (nSPS) is 10.3. The van der Waals surface area contributed by atoms with Crippen molar-refractivity contribution in [2.45, 2.75) is 20.1 Å². The summed E-state index contributed by atoms with van der Waals surface area (Å²) in [5.74, 6) is 0.818. The maximum Gasteiger partial charge on any atom is 0.142 e. The third-order valence-corrected chi connectivity index (χ3v) is 2.53. The van der Waals surface area contributed by atoms with Gasteiger partial charge in [0.2, 0.25) is 0 Å². The van der Waals surface area contributed by atoms with E-state index in [9.17, 15) is 0 Å². The molecule has 0 amide bonds. The van der Waals surface area contributed by atoms with E-state index in [2.05, 4.69) is 15.3 Å². The van der Waals surface area contributed by atoms with Crippen LogP contribution in [0, 0.1) is 6.92 Å². The van der Waals surface area contributed by atoms with Crippen LogP contribution >= 0.6 is 0 Å². The van der Waals surface area contributed by atoms with Crippen LogP contribution in [-0.4, -0.2) is 17.0 Å². The Labute approximate surface area is 107 Å². The fourth-order valence-corrected chi connectivity index (χ4v) is 1.67. The molecule has 0 aliphatic carbocycles. The van der Waals surface area contributed by atoms with E-state index in [-0.39, 0.29) is 0 Å². The summed E-state index contributed by atoms with van der Waals surface area (Å²) in [5.41, 5.74) is 2.98. The zero-order chi connectivity index (χ0) is 12.8. The molecule has 0 atom stereocenters. The zero-order valence-corrected chi connectivity index (χ0v) is 10.7. The van der Waals surface area contributed by atoms with Gasteiger partial charge < -0.3 is 10.1 Å². The lowest BCUT2D eigenvalue weighted by Gasteiger charge is -2.11. The van der Waals surface area contributed by atoms with Crippen LogP contribution in [0.3, 0.4) is 0 Å². The van der Waals surface area contributed by atoms with Gasteiger partial charge in [0.25, 0.3) is 0 Å². The van der Waals surface area contributed by atoms with Crippen LogP contribution in [0.1, 0.15) is 17.0 Å². The predicted molar refractivity (Wildman–Crippen MR) is 70.3 cm³/mol. The highest BCUT2D eigenvalue weighted by Gasteiger charge is 2.05. The summed E-state index contributed by atoms with van der Waals surface area (Å²) >= 11 is 0. The van der Waals surface area contributed by atoms with Crippen molar-refractivity contribution >= 4 is 0 Å². The highest BCUT2D eigenvalue weighted by Crippen LogP contribution is 2.18. The monoisotopic (exact) mass is 243 g/mol. The number of rotatable bonds is 5. The molecule has 0 aromatic carbocycles. The number of nitrogens with zero attached hydrogens (tertiary/aromatic N) is 2. The van der Waals surface area contributed by atoms with E-state index in [0.29, 0.717) is 13.2 Å². The van der Waals surface area contributed by atoms with Crippen LogP contribution in [0.2, 0.25) is 0 Å². The van der Waals surface area contributed by atoms with Crippen LogP contribution < -0.4 is 10.1 Å². The maximum absolute atomic E-state index is 5.79. The molecule has 0 unspecified atom stereocenters. The molecule has 2 aromatic heterocycles. The van der Waals surface area contributed by atoms with Gasteiger partial charge in [0.05, 0.1) is 5.69 Å². The Morgan fingerprint density at radius 2 is 2.17 bits per heavy atom. The van der Waals surface area contributed by atoms with E-state index in [1.54, 1.807) is 12.4 Å². The van der Waals surface area contributed by atoms with Crippen LogP contribution in [0.4, 0.5) is 0 Å². The van der Waals surface area contributed by atoms with Crippen LogP contribution in [-0.2, 0) is 13.2 Å². The third-order valence-electron chi connectivity index (χ3n) is 2.53. The van der Waals surface area contributed by atoms with Crippen molar-refractivity contribution in [1.29, 1.82) is 0 Å². The summed E-state index contributed by atoms with van der Waals surface area (Å²) in [5, 5.41) is 3.09. The number of aryl methyl sites for hydroxylation is 1. The highest BCUT2D eigenvalue weighted by atomic mass is 16.5. The zero-order valence-electron chi connectivity index (χ0n) is 10.7. The molecule has 4 heteroatoms. The second kappa shape index (κ2) is 6.12. The molecule has 0 saturated carbocycles. The fraction of sp³-hybridized carbons (Fsp3) is 0.286. The number of nitrogens with one attached hydrogen (secondary N) is 1. The summed E-state index contributed by atoms with van der Waals surface area (Å²) in [6.07, 6.45) is 3.56. The number of pyridine rings is 2. The molecule has 0 saturated heterocycles. The predicted octanol–water partition coefficient (Wildman–Crippen LogP) is 2.08. The SMILES string of the molecule is CNCc1nc(C)ccc1OCc1cccnc1. The molecule has 0 radical (unpaired) electrons. The number of ether oxygens (including phenoxy) is 1. The molecule has 4 nitrogen and oxygen atoms in total. The Bertz CT molecular complexity index is 500. The molecule has 0 aliphatic rings. The van der Waals surface area contributed by atoms with Crippen molar-refractivity contribution in [1.82, 2.24) is 15.3 Å². The minimum absolute atomic E-state index is 0.509. The van der Waals surface area contributed by atoms with E-state index in [1.807, 2.05) is 38.2 Å². The molecule has 0 spiro atoms. The molecule has 2 rings (SSSR count). The van der Waals surface area contributed by atoms with Gasteiger partial charge in [0.15, 0.2) is 0 Å². The van der Waals surface area contributed by atoms with Gasteiger partial charge in [-0.05, 0) is 32.2 Å². The Balaban J connectivity index is 2.09. The van der Waals surface area contributed by atoms with Gasteiger partial charge in [-0.25, -0.2) is 0 Å². The Kier molecular flexibility index (Phi) is 4.25. The molecule has 0 bridgehead atoms. The minimum Gasteiger partial charge on any atom is -0.487 e. The topological polar surface area (TPSA) is 47.0 Å². The van der Waals surface area contributed by atoms with Gasteiger partial charge in [0, 0.05) is 30.2 Å². The highest BCUT2D eigenvalue weighted by molar-refractivity contribution is 5.29. The summed E-state index contributed by atoms with van der Waals surface area (Å²) < 4.78 is 5.79. The van der Waals surface area contributed by atoms with Gasteiger partial charge in [-0.3, -0.25) is 9.97 Å². The molecular weight excluding hydrogens is 226 g/mol. The Morgan fingerprint density at radius 1 is 1.28 bits per heavy atom. The van der Waals surface area contributed by atoms with Gasteiger partial charge in [0.1, 0.15) is 12.4 Å². The number of hydrogen-bond acceptors (Lipinski definition) is 4. The number of aromatic nitrogens is 2. The van der Waals surface area contributed by atoms with Crippen LogP contribution in [0.25, 0.3) is 0 Å². The molecule has 1 N–H and O–H groups in total. The first-order valence-corrected chi connectivity index (χ1v) is 5.92. The number of hydrogen-bond donors (Lipinski definition) is 1. The standard InChI is InChI=1S/C14H17N3O/c1-11-5-6-14(13(17-11)9-15-2)18-10-12-4-3-7-16-8-12/h3-8,15H,9-10H2,1-2H3. The van der Waals surface area contributed by atoms with Crippen LogP contribution in [0.5, 0.6) is 5.75 Å². The average molecular weight is 243 g/mol. The van der Waals surface area contributed by atoms with E-state index in [1.165, 1.54) is 0 Å². The summed E-state index contributed by atoms with van der Waals surface area (Å²) in [6, 6.07) is 7.82. The molecule has 2 aromatic rings. The second-order valence-corrected chi connectivity index (χ2v) is 4.08. The molecule has 0 fully saturated rings. The van der Waals surface area contributed by atoms with Crippen molar-refractivity contribution < 1.29 is 4.74 Å². The van der Waals surface area contributed by atoms with Crippen LogP contribution in [0.15, 0.2) is 36.7 Å². The van der Waals surface area contributed by atoms with E-state index >= 15 is 0 Å². The smallest absolute Gasteiger partial charge is 0.142 e. The maximum atomic E-state index is 5.79. The first kappa shape index (κ1) is 12.5. The third kappa shape index (κ3) is 3.28. The van der Waals surface area contributed by atoms with Gasteiger partial charge in [-0.15, -0.1) is 0 Å². The Morgan fingerprint density at radius 3 is 2.89 bits per heavy atom. The van der Waals surface area contributed by atoms with E-state index in [4.69, 9.17) is 4.74 Å². The lowest BCUT2D eigenvalue weighted by atomic mass is 10.2. The second-order valence-electron chi connectivity index (χ2n) is 4.08. The molecular formula is C14H17N3O. The quantitative estimate of drug-likeness (QED) is 0.873. The summed E-state index contributed by atoms with van der Waals surface area (Å²) in [4.78, 5) is 8.53. The summed E-state index contributed by atoms with van der Waals surface area (Å²) in [7, 11) is 1.90. The van der Waals surface area contributed by atoms with Gasteiger partial charge in [-0.2, -0.15) is 0 Å².